The monoisotopic (exact) mass is 311 g/mol. The van der Waals surface area contributed by atoms with E-state index in [9.17, 15) is 13.2 Å². The molecule has 0 bridgehead atoms. The van der Waals surface area contributed by atoms with Crippen LogP contribution in [0.15, 0.2) is 41.8 Å². The number of hydrogen-bond acceptors (Lipinski definition) is 4. The normalized spacial score (nSPS) is 12.7. The van der Waals surface area contributed by atoms with Gasteiger partial charge in [-0.1, -0.05) is 6.08 Å². The van der Waals surface area contributed by atoms with Crippen molar-refractivity contribution in [3.05, 3.63) is 42.5 Å². The van der Waals surface area contributed by atoms with Crippen molar-refractivity contribution in [2.75, 3.05) is 13.1 Å². The van der Waals surface area contributed by atoms with Crippen LogP contribution in [0.5, 0.6) is 0 Å². The molecule has 0 spiro atoms. The molecule has 0 saturated heterocycles. The first-order valence-electron chi connectivity index (χ1n) is 6.61. The number of amides is 1. The maximum atomic E-state index is 11.8. The van der Waals surface area contributed by atoms with Crippen molar-refractivity contribution in [3.8, 4) is 0 Å². The van der Waals surface area contributed by atoms with Gasteiger partial charge in [0, 0.05) is 24.7 Å². The van der Waals surface area contributed by atoms with E-state index in [1.54, 1.807) is 0 Å². The molecule has 1 atom stereocenters. The second-order valence-corrected chi connectivity index (χ2v) is 6.45. The molecule has 6 nitrogen and oxygen atoms in total. The Balaban J connectivity index is 2.69. The lowest BCUT2D eigenvalue weighted by Crippen LogP contribution is -2.29. The Morgan fingerprint density at radius 3 is 2.52 bits per heavy atom. The van der Waals surface area contributed by atoms with Crippen LogP contribution in [-0.4, -0.2) is 33.5 Å². The van der Waals surface area contributed by atoms with E-state index in [0.29, 0.717) is 18.5 Å². The largest absolute Gasteiger partial charge is 0.352 e. The van der Waals surface area contributed by atoms with Crippen LogP contribution in [0, 0.1) is 0 Å². The van der Waals surface area contributed by atoms with Gasteiger partial charge in [0.2, 0.25) is 10.0 Å². The van der Waals surface area contributed by atoms with E-state index >= 15 is 0 Å². The quantitative estimate of drug-likeness (QED) is 0.612. The summed E-state index contributed by atoms with van der Waals surface area (Å²) in [5.41, 5.74) is 6.00. The van der Waals surface area contributed by atoms with Crippen LogP contribution >= 0.6 is 0 Å². The maximum Gasteiger partial charge on any atom is 0.251 e. The SMILES string of the molecule is C=CCNS(=O)(=O)c1ccc(C(=O)NCCC(C)N)cc1. The second kappa shape index (κ2) is 7.92. The Morgan fingerprint density at radius 2 is 2.00 bits per heavy atom. The highest BCUT2D eigenvalue weighted by molar-refractivity contribution is 7.89. The van der Waals surface area contributed by atoms with Gasteiger partial charge in [-0.3, -0.25) is 4.79 Å². The molecule has 0 aliphatic rings. The first-order chi connectivity index (χ1) is 9.86. The molecule has 0 aliphatic carbocycles. The van der Waals surface area contributed by atoms with Crippen LogP contribution in [0.25, 0.3) is 0 Å². The fraction of sp³-hybridized carbons (Fsp3) is 0.357. The van der Waals surface area contributed by atoms with Crippen molar-refractivity contribution in [1.29, 1.82) is 0 Å². The van der Waals surface area contributed by atoms with Crippen LogP contribution in [0.1, 0.15) is 23.7 Å². The van der Waals surface area contributed by atoms with Gasteiger partial charge in [-0.05, 0) is 37.6 Å². The van der Waals surface area contributed by atoms with Crippen LogP contribution in [-0.2, 0) is 10.0 Å². The summed E-state index contributed by atoms with van der Waals surface area (Å²) in [7, 11) is -3.56. The summed E-state index contributed by atoms with van der Waals surface area (Å²) in [5, 5.41) is 2.73. The lowest BCUT2D eigenvalue weighted by molar-refractivity contribution is 0.0952. The average Bonchev–Trinajstić information content (AvgIpc) is 2.45. The molecule has 1 amide bonds. The number of hydrogen-bond donors (Lipinski definition) is 3. The zero-order valence-corrected chi connectivity index (χ0v) is 12.8. The molecule has 1 aromatic rings. The van der Waals surface area contributed by atoms with Crippen molar-refractivity contribution in [2.45, 2.75) is 24.3 Å². The lowest BCUT2D eigenvalue weighted by atomic mass is 10.2. The van der Waals surface area contributed by atoms with E-state index in [0.717, 1.165) is 0 Å². The topological polar surface area (TPSA) is 101 Å². The van der Waals surface area contributed by atoms with Gasteiger partial charge in [-0.2, -0.15) is 0 Å². The highest BCUT2D eigenvalue weighted by Crippen LogP contribution is 2.10. The molecule has 0 aromatic heterocycles. The molecule has 1 aromatic carbocycles. The van der Waals surface area contributed by atoms with E-state index in [1.165, 1.54) is 30.3 Å². The smallest absolute Gasteiger partial charge is 0.251 e. The molecule has 116 valence electrons. The molecule has 0 saturated carbocycles. The Bertz CT molecular complexity index is 580. The molecule has 1 unspecified atom stereocenters. The molecule has 0 heterocycles. The number of nitrogens with one attached hydrogen (secondary N) is 2. The minimum absolute atomic E-state index is 0.0220. The maximum absolute atomic E-state index is 11.8. The van der Waals surface area contributed by atoms with Crippen molar-refractivity contribution in [1.82, 2.24) is 10.0 Å². The van der Waals surface area contributed by atoms with E-state index in [4.69, 9.17) is 5.73 Å². The van der Waals surface area contributed by atoms with Gasteiger partial charge in [-0.25, -0.2) is 13.1 Å². The molecule has 0 aliphatic heterocycles. The van der Waals surface area contributed by atoms with Gasteiger partial charge in [0.25, 0.3) is 5.91 Å². The summed E-state index contributed by atoms with van der Waals surface area (Å²) in [6, 6.07) is 5.76. The predicted molar refractivity (Wildman–Crippen MR) is 82.4 cm³/mol. The van der Waals surface area contributed by atoms with Crippen molar-refractivity contribution in [2.24, 2.45) is 5.73 Å². The third-order valence-electron chi connectivity index (χ3n) is 2.73. The minimum Gasteiger partial charge on any atom is -0.352 e. The fourth-order valence-corrected chi connectivity index (χ4v) is 2.55. The highest BCUT2D eigenvalue weighted by atomic mass is 32.2. The van der Waals surface area contributed by atoms with Gasteiger partial charge in [0.15, 0.2) is 0 Å². The molecule has 1 rings (SSSR count). The number of carbonyl (C=O) groups excluding carboxylic acids is 1. The van der Waals surface area contributed by atoms with Gasteiger partial charge >= 0.3 is 0 Å². The van der Waals surface area contributed by atoms with Crippen LogP contribution < -0.4 is 15.8 Å². The van der Waals surface area contributed by atoms with Crippen LogP contribution in [0.2, 0.25) is 0 Å². The van der Waals surface area contributed by atoms with Crippen molar-refractivity contribution < 1.29 is 13.2 Å². The first kappa shape index (κ1) is 17.4. The molecular formula is C14H21N3O3S. The number of nitrogens with two attached hydrogens (primary N) is 1. The molecule has 0 fully saturated rings. The molecule has 0 radical (unpaired) electrons. The summed E-state index contributed by atoms with van der Waals surface area (Å²) >= 11 is 0. The van der Waals surface area contributed by atoms with Gasteiger partial charge in [0.05, 0.1) is 4.90 Å². The predicted octanol–water partition coefficient (Wildman–Crippen LogP) is 0.618. The zero-order chi connectivity index (χ0) is 15.9. The van der Waals surface area contributed by atoms with Gasteiger partial charge in [0.1, 0.15) is 0 Å². The zero-order valence-electron chi connectivity index (χ0n) is 12.0. The number of benzene rings is 1. The lowest BCUT2D eigenvalue weighted by Gasteiger charge is -2.08. The molecule has 4 N–H and O–H groups in total. The van der Waals surface area contributed by atoms with Crippen LogP contribution in [0.4, 0.5) is 0 Å². The standard InChI is InChI=1S/C14H21N3O3S/c1-3-9-17-21(19,20)13-6-4-12(5-7-13)14(18)16-10-8-11(2)15/h3-7,11,17H,1,8-10,15H2,2H3,(H,16,18). The Kier molecular flexibility index (Phi) is 6.54. The van der Waals surface area contributed by atoms with E-state index in [-0.39, 0.29) is 23.4 Å². The second-order valence-electron chi connectivity index (χ2n) is 4.69. The first-order valence-corrected chi connectivity index (χ1v) is 8.09. The summed E-state index contributed by atoms with van der Waals surface area (Å²) in [6.07, 6.45) is 2.14. The number of carbonyl (C=O) groups is 1. The fourth-order valence-electron chi connectivity index (χ4n) is 1.55. The van der Waals surface area contributed by atoms with Crippen LogP contribution in [0.3, 0.4) is 0 Å². The van der Waals surface area contributed by atoms with Crippen molar-refractivity contribution >= 4 is 15.9 Å². The Hall–Kier alpha value is -1.70. The molecular weight excluding hydrogens is 290 g/mol. The summed E-state index contributed by atoms with van der Waals surface area (Å²) in [6.45, 7) is 5.95. The highest BCUT2D eigenvalue weighted by Gasteiger charge is 2.13. The third kappa shape index (κ3) is 5.66. The van der Waals surface area contributed by atoms with E-state index in [2.05, 4.69) is 16.6 Å². The Labute approximate surface area is 125 Å². The average molecular weight is 311 g/mol. The number of sulfonamides is 1. The van der Waals surface area contributed by atoms with Crippen molar-refractivity contribution in [3.63, 3.8) is 0 Å². The summed E-state index contributed by atoms with van der Waals surface area (Å²) in [5.74, 6) is -0.251. The molecule has 7 heteroatoms. The minimum atomic E-state index is -3.56. The summed E-state index contributed by atoms with van der Waals surface area (Å²) < 4.78 is 26.1. The van der Waals surface area contributed by atoms with E-state index < -0.39 is 10.0 Å². The van der Waals surface area contributed by atoms with Gasteiger partial charge in [-0.15, -0.1) is 6.58 Å². The Morgan fingerprint density at radius 1 is 1.38 bits per heavy atom. The van der Waals surface area contributed by atoms with Gasteiger partial charge < -0.3 is 11.1 Å². The molecule has 21 heavy (non-hydrogen) atoms. The third-order valence-corrected chi connectivity index (χ3v) is 4.17. The summed E-state index contributed by atoms with van der Waals surface area (Å²) in [4.78, 5) is 11.9. The van der Waals surface area contributed by atoms with E-state index in [1.807, 2.05) is 6.92 Å². The number of rotatable bonds is 8.